The second-order valence-corrected chi connectivity index (χ2v) is 6.73. The van der Waals surface area contributed by atoms with Gasteiger partial charge in [0.05, 0.1) is 12.1 Å². The first-order valence-electron chi connectivity index (χ1n) is 9.31. The summed E-state index contributed by atoms with van der Waals surface area (Å²) in [6.07, 6.45) is 0.112. The van der Waals surface area contributed by atoms with Crippen molar-refractivity contribution in [2.75, 3.05) is 23.7 Å². The summed E-state index contributed by atoms with van der Waals surface area (Å²) in [5, 5.41) is 10.3. The highest BCUT2D eigenvalue weighted by atomic mass is 19.1. The predicted octanol–water partition coefficient (Wildman–Crippen LogP) is 2.90. The van der Waals surface area contributed by atoms with Gasteiger partial charge in [0.2, 0.25) is 11.8 Å². The minimum atomic E-state index is -0.603. The van der Waals surface area contributed by atoms with Crippen LogP contribution in [0.3, 0.4) is 0 Å². The number of anilines is 2. The SMILES string of the molecule is CC(C)C(=O)NCCNC(=O)Nc1ccc(F)c(NC(=O)Cc2ccccc2)c1. The molecule has 7 nitrogen and oxygen atoms in total. The van der Waals surface area contributed by atoms with Crippen molar-refractivity contribution in [2.45, 2.75) is 20.3 Å². The van der Waals surface area contributed by atoms with Crippen LogP contribution in [0.15, 0.2) is 48.5 Å². The number of hydrogen-bond acceptors (Lipinski definition) is 3. The van der Waals surface area contributed by atoms with Crippen molar-refractivity contribution in [2.24, 2.45) is 5.92 Å². The van der Waals surface area contributed by atoms with Gasteiger partial charge < -0.3 is 21.3 Å². The highest BCUT2D eigenvalue weighted by Crippen LogP contribution is 2.20. The first-order valence-corrected chi connectivity index (χ1v) is 9.31. The molecule has 0 bridgehead atoms. The van der Waals surface area contributed by atoms with Crippen LogP contribution < -0.4 is 21.3 Å². The topological polar surface area (TPSA) is 99.3 Å². The maximum atomic E-state index is 14.0. The van der Waals surface area contributed by atoms with Gasteiger partial charge in [0.1, 0.15) is 5.82 Å². The van der Waals surface area contributed by atoms with Crippen molar-refractivity contribution in [3.05, 3.63) is 59.9 Å². The number of benzene rings is 2. The molecule has 0 unspecified atom stereocenters. The average Bonchev–Trinajstić information content (AvgIpc) is 2.68. The first-order chi connectivity index (χ1) is 13.8. The van der Waals surface area contributed by atoms with Crippen LogP contribution in [-0.2, 0) is 16.0 Å². The predicted molar refractivity (Wildman–Crippen MR) is 110 cm³/mol. The van der Waals surface area contributed by atoms with Crippen molar-refractivity contribution in [1.29, 1.82) is 0 Å². The molecule has 0 atom stereocenters. The third-order valence-electron chi connectivity index (χ3n) is 3.94. The van der Waals surface area contributed by atoms with Crippen molar-refractivity contribution >= 4 is 29.2 Å². The van der Waals surface area contributed by atoms with E-state index in [1.54, 1.807) is 13.8 Å². The molecule has 4 N–H and O–H groups in total. The number of urea groups is 1. The molecule has 2 aromatic rings. The molecule has 0 aromatic heterocycles. The largest absolute Gasteiger partial charge is 0.354 e. The van der Waals surface area contributed by atoms with Crippen molar-refractivity contribution in [1.82, 2.24) is 10.6 Å². The fourth-order valence-electron chi connectivity index (χ4n) is 2.42. The zero-order valence-corrected chi connectivity index (χ0v) is 16.4. The maximum Gasteiger partial charge on any atom is 0.319 e. The van der Waals surface area contributed by atoms with Crippen molar-refractivity contribution in [3.8, 4) is 0 Å². The quantitative estimate of drug-likeness (QED) is 0.513. The van der Waals surface area contributed by atoms with E-state index in [0.29, 0.717) is 12.2 Å². The Morgan fingerprint density at radius 3 is 2.31 bits per heavy atom. The second kappa shape index (κ2) is 10.8. The van der Waals surface area contributed by atoms with E-state index >= 15 is 0 Å². The Balaban J connectivity index is 1.85. The van der Waals surface area contributed by atoms with Gasteiger partial charge in [0.25, 0.3) is 0 Å². The maximum absolute atomic E-state index is 14.0. The summed E-state index contributed by atoms with van der Waals surface area (Å²) in [7, 11) is 0. The van der Waals surface area contributed by atoms with E-state index in [1.165, 1.54) is 12.1 Å². The van der Waals surface area contributed by atoms with Crippen LogP contribution >= 0.6 is 0 Å². The van der Waals surface area contributed by atoms with Crippen LogP contribution in [-0.4, -0.2) is 30.9 Å². The number of rotatable bonds is 8. The molecule has 0 spiro atoms. The highest BCUT2D eigenvalue weighted by molar-refractivity contribution is 5.94. The van der Waals surface area contributed by atoms with Gasteiger partial charge in [-0.25, -0.2) is 9.18 Å². The number of nitrogens with one attached hydrogen (secondary N) is 4. The third kappa shape index (κ3) is 7.61. The standard InChI is InChI=1S/C21H25FN4O3/c1-14(2)20(28)23-10-11-24-21(29)25-16-8-9-17(22)18(13-16)26-19(27)12-15-6-4-3-5-7-15/h3-9,13-14H,10-12H2,1-2H3,(H,23,28)(H,26,27)(H2,24,25,29). The zero-order valence-electron chi connectivity index (χ0n) is 16.4. The Labute approximate surface area is 169 Å². The van der Waals surface area contributed by atoms with Gasteiger partial charge in [-0.15, -0.1) is 0 Å². The number of carbonyl (C=O) groups excluding carboxylic acids is 3. The summed E-state index contributed by atoms with van der Waals surface area (Å²) in [4.78, 5) is 35.5. The Morgan fingerprint density at radius 1 is 0.931 bits per heavy atom. The number of amides is 4. The molecular weight excluding hydrogens is 375 g/mol. The summed E-state index contributed by atoms with van der Waals surface area (Å²) in [5.41, 5.74) is 1.11. The Kier molecular flexibility index (Phi) is 8.14. The number of halogens is 1. The number of hydrogen-bond donors (Lipinski definition) is 4. The van der Waals surface area contributed by atoms with E-state index in [4.69, 9.17) is 0 Å². The van der Waals surface area contributed by atoms with Crippen LogP contribution in [0.5, 0.6) is 0 Å². The average molecular weight is 400 g/mol. The molecule has 0 aliphatic carbocycles. The minimum Gasteiger partial charge on any atom is -0.354 e. The smallest absolute Gasteiger partial charge is 0.319 e. The minimum absolute atomic E-state index is 0.0204. The van der Waals surface area contributed by atoms with E-state index in [-0.39, 0.29) is 36.4 Å². The molecule has 0 aliphatic heterocycles. The second-order valence-electron chi connectivity index (χ2n) is 6.73. The number of carbonyl (C=O) groups is 3. The lowest BCUT2D eigenvalue weighted by Crippen LogP contribution is -2.38. The van der Waals surface area contributed by atoms with Crippen LogP contribution in [0.2, 0.25) is 0 Å². The molecule has 0 heterocycles. The van der Waals surface area contributed by atoms with Gasteiger partial charge in [0.15, 0.2) is 0 Å². The molecule has 0 saturated carbocycles. The Morgan fingerprint density at radius 2 is 1.62 bits per heavy atom. The van der Waals surface area contributed by atoms with Gasteiger partial charge in [-0.2, -0.15) is 0 Å². The third-order valence-corrected chi connectivity index (χ3v) is 3.94. The fraction of sp³-hybridized carbons (Fsp3) is 0.286. The molecule has 8 heteroatoms. The first kappa shape index (κ1) is 21.9. The van der Waals surface area contributed by atoms with E-state index in [2.05, 4.69) is 21.3 Å². The molecule has 29 heavy (non-hydrogen) atoms. The molecule has 4 amide bonds. The molecular formula is C21H25FN4O3. The van der Waals surface area contributed by atoms with Crippen molar-refractivity contribution < 1.29 is 18.8 Å². The molecule has 0 radical (unpaired) electrons. The molecule has 2 aromatic carbocycles. The van der Waals surface area contributed by atoms with Crippen LogP contribution in [0, 0.1) is 11.7 Å². The zero-order chi connectivity index (χ0) is 21.2. The Hall–Kier alpha value is -3.42. The molecule has 0 aliphatic rings. The summed E-state index contributed by atoms with van der Waals surface area (Å²) in [6.45, 7) is 4.10. The summed E-state index contributed by atoms with van der Waals surface area (Å²) >= 11 is 0. The molecule has 154 valence electrons. The van der Waals surface area contributed by atoms with Crippen LogP contribution in [0.25, 0.3) is 0 Å². The lowest BCUT2D eigenvalue weighted by Gasteiger charge is -2.12. The van der Waals surface area contributed by atoms with E-state index in [1.807, 2.05) is 30.3 Å². The molecule has 0 saturated heterocycles. The molecule has 2 rings (SSSR count). The van der Waals surface area contributed by atoms with Gasteiger partial charge in [0, 0.05) is 24.7 Å². The summed E-state index contributed by atoms with van der Waals surface area (Å²) in [6, 6.07) is 12.5. The van der Waals surface area contributed by atoms with Gasteiger partial charge in [-0.1, -0.05) is 44.2 Å². The van der Waals surface area contributed by atoms with Crippen LogP contribution in [0.4, 0.5) is 20.6 Å². The lowest BCUT2D eigenvalue weighted by molar-refractivity contribution is -0.124. The molecule has 0 fully saturated rings. The van der Waals surface area contributed by atoms with E-state index < -0.39 is 11.8 Å². The van der Waals surface area contributed by atoms with Crippen LogP contribution in [0.1, 0.15) is 19.4 Å². The van der Waals surface area contributed by atoms with E-state index in [9.17, 15) is 18.8 Å². The van der Waals surface area contributed by atoms with Gasteiger partial charge >= 0.3 is 6.03 Å². The monoisotopic (exact) mass is 400 g/mol. The summed E-state index contributed by atoms with van der Waals surface area (Å²) < 4.78 is 14.0. The van der Waals surface area contributed by atoms with Gasteiger partial charge in [-0.05, 0) is 23.8 Å². The Bertz CT molecular complexity index is 856. The lowest BCUT2D eigenvalue weighted by atomic mass is 10.1. The van der Waals surface area contributed by atoms with Gasteiger partial charge in [-0.3, -0.25) is 9.59 Å². The highest BCUT2D eigenvalue weighted by Gasteiger charge is 2.11. The summed E-state index contributed by atoms with van der Waals surface area (Å²) in [5.74, 6) is -1.19. The fourth-order valence-corrected chi connectivity index (χ4v) is 2.42. The van der Waals surface area contributed by atoms with E-state index in [0.717, 1.165) is 11.6 Å². The van der Waals surface area contributed by atoms with Crippen molar-refractivity contribution in [3.63, 3.8) is 0 Å². The normalized spacial score (nSPS) is 10.3.